The van der Waals surface area contributed by atoms with Gasteiger partial charge < -0.3 is 4.74 Å². The molecule has 0 aliphatic heterocycles. The minimum absolute atomic E-state index is 0.671. The first-order valence-electron chi connectivity index (χ1n) is 6.71. The van der Waals surface area contributed by atoms with Gasteiger partial charge in [0, 0.05) is 21.0 Å². The van der Waals surface area contributed by atoms with Crippen molar-refractivity contribution in [2.75, 3.05) is 6.61 Å². The summed E-state index contributed by atoms with van der Waals surface area (Å²) in [4.78, 5) is 4.74. The average Bonchev–Trinajstić information content (AvgIpc) is 2.98. The molecule has 0 unspecified atom stereocenters. The number of ether oxygens (including phenoxy) is 1. The number of hydrogen-bond acceptors (Lipinski definition) is 3. The van der Waals surface area contributed by atoms with Crippen LogP contribution in [0.4, 0.5) is 0 Å². The molecule has 1 heterocycles. The van der Waals surface area contributed by atoms with Crippen molar-refractivity contribution in [3.05, 3.63) is 58.4 Å². The van der Waals surface area contributed by atoms with E-state index in [4.69, 9.17) is 9.72 Å². The normalized spacial score (nSPS) is 10.6. The van der Waals surface area contributed by atoms with Gasteiger partial charge >= 0.3 is 0 Å². The lowest BCUT2D eigenvalue weighted by atomic mass is 10.2. The Morgan fingerprint density at radius 2 is 1.90 bits per heavy atom. The van der Waals surface area contributed by atoms with Crippen LogP contribution in [0.2, 0.25) is 0 Å². The molecule has 0 saturated heterocycles. The summed E-state index contributed by atoms with van der Waals surface area (Å²) in [7, 11) is 0. The summed E-state index contributed by atoms with van der Waals surface area (Å²) in [5.41, 5.74) is 3.21. The van der Waals surface area contributed by atoms with Gasteiger partial charge in [-0.2, -0.15) is 0 Å². The lowest BCUT2D eigenvalue weighted by Gasteiger charge is -2.04. The Hall–Kier alpha value is -1.65. The van der Waals surface area contributed by atoms with Crippen molar-refractivity contribution >= 4 is 27.3 Å². The van der Waals surface area contributed by atoms with Gasteiger partial charge in [-0.3, -0.25) is 0 Å². The third kappa shape index (κ3) is 3.34. The molecule has 0 amide bonds. The quantitative estimate of drug-likeness (QED) is 0.601. The van der Waals surface area contributed by atoms with Crippen molar-refractivity contribution in [2.45, 2.75) is 6.92 Å². The predicted molar refractivity (Wildman–Crippen MR) is 91.9 cm³/mol. The highest BCUT2D eigenvalue weighted by atomic mass is 79.9. The molecule has 0 saturated carbocycles. The Bertz CT molecular complexity index is 754. The highest BCUT2D eigenvalue weighted by molar-refractivity contribution is 9.10. The van der Waals surface area contributed by atoms with Crippen molar-refractivity contribution in [3.63, 3.8) is 0 Å². The van der Waals surface area contributed by atoms with Crippen molar-refractivity contribution in [1.82, 2.24) is 4.98 Å². The first kappa shape index (κ1) is 14.3. The third-order valence-corrected chi connectivity index (χ3v) is 4.40. The van der Waals surface area contributed by atoms with Crippen LogP contribution in [-0.2, 0) is 0 Å². The Morgan fingerprint density at radius 3 is 2.71 bits per heavy atom. The van der Waals surface area contributed by atoms with E-state index in [-0.39, 0.29) is 0 Å². The van der Waals surface area contributed by atoms with Crippen LogP contribution < -0.4 is 4.74 Å². The van der Waals surface area contributed by atoms with Gasteiger partial charge in [-0.25, -0.2) is 4.98 Å². The van der Waals surface area contributed by atoms with Gasteiger partial charge in [0.2, 0.25) is 0 Å². The maximum absolute atomic E-state index is 5.55. The fraction of sp³-hybridized carbons (Fsp3) is 0.118. The highest BCUT2D eigenvalue weighted by Crippen LogP contribution is 2.31. The summed E-state index contributed by atoms with van der Waals surface area (Å²) in [6, 6.07) is 16.3. The molecule has 2 nitrogen and oxygen atoms in total. The fourth-order valence-electron chi connectivity index (χ4n) is 2.07. The number of benzene rings is 2. The van der Waals surface area contributed by atoms with Gasteiger partial charge in [0.1, 0.15) is 10.8 Å². The number of thiazole rings is 1. The Balaban J connectivity index is 1.93. The van der Waals surface area contributed by atoms with Crippen LogP contribution in [0.1, 0.15) is 6.92 Å². The van der Waals surface area contributed by atoms with E-state index in [0.29, 0.717) is 6.61 Å². The summed E-state index contributed by atoms with van der Waals surface area (Å²) in [5.74, 6) is 0.884. The third-order valence-electron chi connectivity index (χ3n) is 3.02. The van der Waals surface area contributed by atoms with Gasteiger partial charge in [-0.1, -0.05) is 40.2 Å². The lowest BCUT2D eigenvalue weighted by molar-refractivity contribution is 0.340. The Kier molecular flexibility index (Phi) is 4.36. The first-order chi connectivity index (χ1) is 10.3. The Morgan fingerprint density at radius 1 is 1.10 bits per heavy atom. The molecule has 0 radical (unpaired) electrons. The minimum atomic E-state index is 0.671. The van der Waals surface area contributed by atoms with Crippen LogP contribution in [0.15, 0.2) is 58.4 Å². The van der Waals surface area contributed by atoms with E-state index in [1.807, 2.05) is 37.3 Å². The number of nitrogens with zero attached hydrogens (tertiary/aromatic N) is 1. The van der Waals surface area contributed by atoms with Crippen LogP contribution in [-0.4, -0.2) is 11.6 Å². The summed E-state index contributed by atoms with van der Waals surface area (Å²) in [5, 5.41) is 3.09. The number of hydrogen-bond donors (Lipinski definition) is 0. The molecule has 3 rings (SSSR count). The van der Waals surface area contributed by atoms with Gasteiger partial charge in [0.05, 0.1) is 12.3 Å². The first-order valence-corrected chi connectivity index (χ1v) is 8.38. The summed E-state index contributed by atoms with van der Waals surface area (Å²) in [6.07, 6.45) is 0. The second-order valence-electron chi connectivity index (χ2n) is 4.51. The van der Waals surface area contributed by atoms with Crippen molar-refractivity contribution in [3.8, 4) is 27.6 Å². The van der Waals surface area contributed by atoms with E-state index < -0.39 is 0 Å². The minimum Gasteiger partial charge on any atom is -0.494 e. The van der Waals surface area contributed by atoms with Gasteiger partial charge in [-0.15, -0.1) is 11.3 Å². The molecule has 3 aromatic rings. The zero-order valence-corrected chi connectivity index (χ0v) is 13.9. The van der Waals surface area contributed by atoms with Crippen LogP contribution in [0.3, 0.4) is 0 Å². The zero-order valence-electron chi connectivity index (χ0n) is 11.5. The van der Waals surface area contributed by atoms with Crippen molar-refractivity contribution < 1.29 is 4.74 Å². The predicted octanol–water partition coefficient (Wildman–Crippen LogP) is 5.64. The van der Waals surface area contributed by atoms with E-state index in [9.17, 15) is 0 Å². The molecule has 2 aromatic carbocycles. The van der Waals surface area contributed by atoms with Crippen LogP contribution >= 0.6 is 27.3 Å². The van der Waals surface area contributed by atoms with Gasteiger partial charge in [0.15, 0.2) is 0 Å². The molecule has 0 aliphatic rings. The van der Waals surface area contributed by atoms with Crippen LogP contribution in [0.5, 0.6) is 5.75 Å². The fourth-order valence-corrected chi connectivity index (χ4v) is 3.30. The van der Waals surface area contributed by atoms with E-state index in [2.05, 4.69) is 39.5 Å². The lowest BCUT2D eigenvalue weighted by Crippen LogP contribution is -1.91. The second kappa shape index (κ2) is 6.41. The maximum atomic E-state index is 5.55. The Labute approximate surface area is 136 Å². The van der Waals surface area contributed by atoms with Crippen LogP contribution in [0.25, 0.3) is 21.8 Å². The smallest absolute Gasteiger partial charge is 0.124 e. The van der Waals surface area contributed by atoms with Crippen molar-refractivity contribution in [2.24, 2.45) is 0 Å². The molecule has 0 N–H and O–H groups in total. The largest absolute Gasteiger partial charge is 0.494 e. The summed E-state index contributed by atoms with van der Waals surface area (Å²) in [6.45, 7) is 2.66. The molecular weight excluding hydrogens is 346 g/mol. The van der Waals surface area contributed by atoms with E-state index in [1.54, 1.807) is 11.3 Å². The maximum Gasteiger partial charge on any atom is 0.124 e. The molecule has 4 heteroatoms. The molecule has 0 spiro atoms. The number of aromatic nitrogens is 1. The molecule has 106 valence electrons. The van der Waals surface area contributed by atoms with Crippen molar-refractivity contribution in [1.29, 1.82) is 0 Å². The zero-order chi connectivity index (χ0) is 14.7. The van der Waals surface area contributed by atoms with Crippen LogP contribution in [0, 0.1) is 0 Å². The van der Waals surface area contributed by atoms with Gasteiger partial charge in [-0.05, 0) is 31.2 Å². The number of rotatable bonds is 4. The van der Waals surface area contributed by atoms with E-state index in [1.165, 1.54) is 0 Å². The average molecular weight is 360 g/mol. The summed E-state index contributed by atoms with van der Waals surface area (Å²) >= 11 is 5.15. The molecule has 0 fully saturated rings. The standard InChI is InChI=1S/C17H14BrNOS/c1-2-20-15-8-4-6-13(10-15)17-19-16(11-21-17)12-5-3-7-14(18)9-12/h3-11H,2H2,1H3. The second-order valence-corrected chi connectivity index (χ2v) is 6.28. The van der Waals surface area contributed by atoms with E-state index in [0.717, 1.165) is 32.1 Å². The SMILES string of the molecule is CCOc1cccc(-c2nc(-c3cccc(Br)c3)cs2)c1. The molecule has 1 aromatic heterocycles. The topological polar surface area (TPSA) is 22.1 Å². The monoisotopic (exact) mass is 359 g/mol. The highest BCUT2D eigenvalue weighted by Gasteiger charge is 2.07. The molecular formula is C17H14BrNOS. The summed E-state index contributed by atoms with van der Waals surface area (Å²) < 4.78 is 6.61. The van der Waals surface area contributed by atoms with E-state index >= 15 is 0 Å². The molecule has 0 bridgehead atoms. The van der Waals surface area contributed by atoms with Gasteiger partial charge in [0.25, 0.3) is 0 Å². The number of halogens is 1. The molecule has 0 atom stereocenters. The molecule has 0 aliphatic carbocycles. The molecule has 21 heavy (non-hydrogen) atoms.